The van der Waals surface area contributed by atoms with Crippen LogP contribution in [0, 0.1) is 5.92 Å². The molecular formula is C26H33N3O3. The fraction of sp³-hybridized carbons (Fsp3) is 0.423. The van der Waals surface area contributed by atoms with Crippen molar-refractivity contribution >= 4 is 17.7 Å². The second-order valence-electron chi connectivity index (χ2n) is 8.95. The number of hydrogen-bond acceptors (Lipinski definition) is 3. The fourth-order valence-corrected chi connectivity index (χ4v) is 4.16. The lowest BCUT2D eigenvalue weighted by molar-refractivity contribution is -0.137. The van der Waals surface area contributed by atoms with E-state index >= 15 is 0 Å². The first-order chi connectivity index (χ1) is 15.2. The average Bonchev–Trinajstić information content (AvgIpc) is 2.77. The van der Waals surface area contributed by atoms with Crippen LogP contribution < -0.4 is 10.2 Å². The quantitative estimate of drug-likeness (QED) is 0.550. The maximum absolute atomic E-state index is 13.1. The van der Waals surface area contributed by atoms with Crippen molar-refractivity contribution in [1.29, 1.82) is 0 Å². The number of aliphatic carboxylic acids is 1. The highest BCUT2D eigenvalue weighted by molar-refractivity contribution is 5.96. The molecule has 2 amide bonds. The molecule has 0 unspecified atom stereocenters. The van der Waals surface area contributed by atoms with E-state index in [9.17, 15) is 14.7 Å². The van der Waals surface area contributed by atoms with Crippen molar-refractivity contribution < 1.29 is 14.7 Å². The van der Waals surface area contributed by atoms with E-state index in [1.807, 2.05) is 6.92 Å². The third-order valence-corrected chi connectivity index (χ3v) is 6.21. The van der Waals surface area contributed by atoms with Gasteiger partial charge in [-0.3, -0.25) is 14.7 Å². The summed E-state index contributed by atoms with van der Waals surface area (Å²) in [6.45, 7) is 8.57. The van der Waals surface area contributed by atoms with Crippen LogP contribution >= 0.6 is 0 Å². The highest BCUT2D eigenvalue weighted by Gasteiger charge is 2.39. The summed E-state index contributed by atoms with van der Waals surface area (Å²) in [7, 11) is 0. The predicted molar refractivity (Wildman–Crippen MR) is 127 cm³/mol. The van der Waals surface area contributed by atoms with Crippen molar-refractivity contribution in [2.45, 2.75) is 65.3 Å². The number of rotatable bonds is 9. The molecule has 0 bridgehead atoms. The number of carbonyl (C=O) groups is 2. The number of anilines is 1. The van der Waals surface area contributed by atoms with E-state index in [-0.39, 0.29) is 12.5 Å². The van der Waals surface area contributed by atoms with Crippen molar-refractivity contribution in [3.05, 3.63) is 71.2 Å². The van der Waals surface area contributed by atoms with Crippen molar-refractivity contribution in [3.8, 4) is 0 Å². The van der Waals surface area contributed by atoms with Gasteiger partial charge in [-0.15, -0.1) is 0 Å². The zero-order valence-electron chi connectivity index (χ0n) is 19.4. The number of carboxylic acid groups (broad SMARTS) is 1. The van der Waals surface area contributed by atoms with Gasteiger partial charge in [0.15, 0.2) is 0 Å². The molecule has 1 aliphatic rings. The molecule has 0 fully saturated rings. The molecule has 170 valence electrons. The zero-order valence-corrected chi connectivity index (χ0v) is 19.4. The lowest BCUT2D eigenvalue weighted by Crippen LogP contribution is -2.54. The molecule has 1 atom stereocenters. The molecule has 1 aromatic heterocycles. The molecule has 2 heterocycles. The number of amides is 2. The third-order valence-electron chi connectivity index (χ3n) is 6.21. The van der Waals surface area contributed by atoms with Crippen LogP contribution in [-0.4, -0.2) is 22.1 Å². The van der Waals surface area contributed by atoms with Gasteiger partial charge >= 0.3 is 12.0 Å². The van der Waals surface area contributed by atoms with Gasteiger partial charge in [0, 0.05) is 25.0 Å². The summed E-state index contributed by atoms with van der Waals surface area (Å²) in [5.41, 5.74) is 4.34. The van der Waals surface area contributed by atoms with Gasteiger partial charge in [0.05, 0.1) is 11.2 Å². The summed E-state index contributed by atoms with van der Waals surface area (Å²) < 4.78 is 0. The van der Waals surface area contributed by atoms with E-state index in [2.05, 4.69) is 49.3 Å². The number of benzene rings is 1. The van der Waals surface area contributed by atoms with Gasteiger partial charge in [-0.05, 0) is 72.9 Å². The van der Waals surface area contributed by atoms with Gasteiger partial charge in [0.25, 0.3) is 0 Å². The molecule has 1 aromatic carbocycles. The van der Waals surface area contributed by atoms with E-state index in [0.29, 0.717) is 18.0 Å². The Balaban J connectivity index is 2.02. The SMILES string of the molecule is CCc1cc([C@]2(C)NC(=O)N(c3ccncc3)C=C2CCC(=O)O)ccc1CCC(C)C. The van der Waals surface area contributed by atoms with E-state index < -0.39 is 11.5 Å². The van der Waals surface area contributed by atoms with E-state index in [4.69, 9.17) is 0 Å². The Morgan fingerprint density at radius 3 is 2.50 bits per heavy atom. The standard InChI is InChI=1S/C26H33N3O3/c1-5-19-16-21(9-8-20(19)7-6-18(2)3)26(4)22(10-11-24(30)31)17-29(25(32)28-26)23-12-14-27-15-13-23/h8-9,12-18H,5-7,10-11H2,1-4H3,(H,28,32)(H,30,31)/t26-/m0/s1. The first kappa shape index (κ1) is 23.5. The number of carbonyl (C=O) groups excluding carboxylic acids is 1. The van der Waals surface area contributed by atoms with Gasteiger partial charge in [0.1, 0.15) is 0 Å². The minimum absolute atomic E-state index is 0.00537. The smallest absolute Gasteiger partial charge is 0.326 e. The number of carboxylic acids is 1. The molecule has 6 nitrogen and oxygen atoms in total. The number of aromatic nitrogens is 1. The summed E-state index contributed by atoms with van der Waals surface area (Å²) in [5.74, 6) is -0.224. The second kappa shape index (κ2) is 9.98. The molecule has 0 radical (unpaired) electrons. The molecule has 3 rings (SSSR count). The third kappa shape index (κ3) is 5.18. The first-order valence-electron chi connectivity index (χ1n) is 11.3. The van der Waals surface area contributed by atoms with Gasteiger partial charge < -0.3 is 10.4 Å². The number of hydrogen-bond donors (Lipinski definition) is 2. The Bertz CT molecular complexity index is 1000. The van der Waals surface area contributed by atoms with Crippen LogP contribution in [0.25, 0.3) is 0 Å². The Hall–Kier alpha value is -3.15. The first-order valence-corrected chi connectivity index (χ1v) is 11.3. The molecule has 0 aliphatic carbocycles. The van der Waals surface area contributed by atoms with Gasteiger partial charge in [0.2, 0.25) is 0 Å². The molecule has 1 aliphatic heterocycles. The summed E-state index contributed by atoms with van der Waals surface area (Å²) in [6.07, 6.45) is 8.44. The Kier molecular flexibility index (Phi) is 7.33. The number of urea groups is 1. The van der Waals surface area contributed by atoms with Gasteiger partial charge in [-0.1, -0.05) is 39.0 Å². The summed E-state index contributed by atoms with van der Waals surface area (Å²) >= 11 is 0. The molecule has 6 heteroatoms. The predicted octanol–water partition coefficient (Wildman–Crippen LogP) is 5.43. The molecule has 0 spiro atoms. The average molecular weight is 436 g/mol. The van der Waals surface area contributed by atoms with Crippen molar-refractivity contribution in [1.82, 2.24) is 10.3 Å². The number of nitrogens with zero attached hydrogens (tertiary/aromatic N) is 2. The number of pyridine rings is 1. The number of aryl methyl sites for hydroxylation is 2. The lowest BCUT2D eigenvalue weighted by Gasteiger charge is -2.41. The normalized spacial score (nSPS) is 18.5. The monoisotopic (exact) mass is 435 g/mol. The summed E-state index contributed by atoms with van der Waals surface area (Å²) in [4.78, 5) is 30.0. The molecule has 2 N–H and O–H groups in total. The van der Waals surface area contributed by atoms with Crippen molar-refractivity contribution in [3.63, 3.8) is 0 Å². The van der Waals surface area contributed by atoms with E-state index in [1.54, 1.807) is 30.7 Å². The van der Waals surface area contributed by atoms with Crippen LogP contribution in [0.3, 0.4) is 0 Å². The number of nitrogens with one attached hydrogen (secondary N) is 1. The van der Waals surface area contributed by atoms with Crippen molar-refractivity contribution in [2.75, 3.05) is 4.90 Å². The summed E-state index contributed by atoms with van der Waals surface area (Å²) in [6, 6.07) is 9.68. The van der Waals surface area contributed by atoms with E-state index in [0.717, 1.165) is 30.4 Å². The molecule has 32 heavy (non-hydrogen) atoms. The van der Waals surface area contributed by atoms with Crippen LogP contribution in [0.15, 0.2) is 54.5 Å². The van der Waals surface area contributed by atoms with E-state index in [1.165, 1.54) is 16.0 Å². The zero-order chi connectivity index (χ0) is 23.3. The van der Waals surface area contributed by atoms with Crippen LogP contribution in [0.1, 0.15) is 63.6 Å². The van der Waals surface area contributed by atoms with Crippen molar-refractivity contribution in [2.24, 2.45) is 5.92 Å². The van der Waals surface area contributed by atoms with Crippen LogP contribution in [0.2, 0.25) is 0 Å². The molecule has 0 saturated carbocycles. The Labute approximate surface area is 190 Å². The minimum atomic E-state index is -0.862. The van der Waals surface area contributed by atoms with Crippen LogP contribution in [0.4, 0.5) is 10.5 Å². The highest BCUT2D eigenvalue weighted by Crippen LogP contribution is 2.37. The maximum atomic E-state index is 13.1. The Morgan fingerprint density at radius 2 is 1.88 bits per heavy atom. The maximum Gasteiger partial charge on any atom is 0.326 e. The topological polar surface area (TPSA) is 82.5 Å². The van der Waals surface area contributed by atoms with Gasteiger partial charge in [-0.2, -0.15) is 0 Å². The second-order valence-corrected chi connectivity index (χ2v) is 8.95. The largest absolute Gasteiger partial charge is 0.481 e. The van der Waals surface area contributed by atoms with Crippen LogP contribution in [0.5, 0.6) is 0 Å². The van der Waals surface area contributed by atoms with Crippen LogP contribution in [-0.2, 0) is 23.2 Å². The molecular weight excluding hydrogens is 402 g/mol. The Morgan fingerprint density at radius 1 is 1.16 bits per heavy atom. The lowest BCUT2D eigenvalue weighted by atomic mass is 9.79. The van der Waals surface area contributed by atoms with Gasteiger partial charge in [-0.25, -0.2) is 4.79 Å². The molecule has 0 saturated heterocycles. The molecule has 2 aromatic rings. The fourth-order valence-electron chi connectivity index (χ4n) is 4.16. The minimum Gasteiger partial charge on any atom is -0.481 e. The summed E-state index contributed by atoms with van der Waals surface area (Å²) in [5, 5.41) is 12.5. The highest BCUT2D eigenvalue weighted by atomic mass is 16.4.